The summed E-state index contributed by atoms with van der Waals surface area (Å²) in [6.45, 7) is 1.93. The van der Waals surface area contributed by atoms with Gasteiger partial charge in [-0.1, -0.05) is 12.1 Å². The summed E-state index contributed by atoms with van der Waals surface area (Å²) in [5.41, 5.74) is 2.51. The SMILES string of the molecule is Cc1cnc(-c2ccccc2NC(=O)C2CCC(S(C)(=O)=O)CC2)[nH]1. The first kappa shape index (κ1) is 17.7. The Morgan fingerprint density at radius 1 is 1.20 bits per heavy atom. The molecule has 0 bridgehead atoms. The standard InChI is InChI=1S/C18H23N3O3S/c1-12-11-19-17(20-12)15-5-3-4-6-16(15)21-18(22)13-7-9-14(10-8-13)25(2,23)24/h3-6,11,13-14H,7-10H2,1-2H3,(H,19,20)(H,21,22). The number of hydrogen-bond donors (Lipinski definition) is 2. The summed E-state index contributed by atoms with van der Waals surface area (Å²) >= 11 is 0. The topological polar surface area (TPSA) is 91.9 Å². The lowest BCUT2D eigenvalue weighted by Gasteiger charge is -2.26. The number of hydrogen-bond acceptors (Lipinski definition) is 4. The molecule has 1 heterocycles. The van der Waals surface area contributed by atoms with Crippen molar-refractivity contribution >= 4 is 21.4 Å². The molecule has 1 aliphatic carbocycles. The lowest BCUT2D eigenvalue weighted by molar-refractivity contribution is -0.120. The molecule has 0 atom stereocenters. The van der Waals surface area contributed by atoms with Crippen molar-refractivity contribution in [3.63, 3.8) is 0 Å². The van der Waals surface area contributed by atoms with E-state index in [-0.39, 0.29) is 17.1 Å². The second-order valence-electron chi connectivity index (χ2n) is 6.75. The maximum Gasteiger partial charge on any atom is 0.227 e. The number of carbonyl (C=O) groups excluding carboxylic acids is 1. The number of aromatic amines is 1. The number of aromatic nitrogens is 2. The highest BCUT2D eigenvalue weighted by atomic mass is 32.2. The number of para-hydroxylation sites is 1. The van der Waals surface area contributed by atoms with Crippen LogP contribution in [0, 0.1) is 12.8 Å². The number of amides is 1. The van der Waals surface area contributed by atoms with Crippen LogP contribution < -0.4 is 5.32 Å². The number of H-pyrrole nitrogens is 1. The van der Waals surface area contributed by atoms with E-state index in [1.165, 1.54) is 6.26 Å². The summed E-state index contributed by atoms with van der Waals surface area (Å²) < 4.78 is 23.3. The van der Waals surface area contributed by atoms with Gasteiger partial charge < -0.3 is 10.3 Å². The average Bonchev–Trinajstić information content (AvgIpc) is 3.01. The van der Waals surface area contributed by atoms with Crippen LogP contribution in [0.2, 0.25) is 0 Å². The summed E-state index contributed by atoms with van der Waals surface area (Å²) in [4.78, 5) is 20.1. The predicted octanol–water partition coefficient (Wildman–Crippen LogP) is 2.93. The Kier molecular flexibility index (Phi) is 4.94. The number of sulfone groups is 1. The predicted molar refractivity (Wildman–Crippen MR) is 98.0 cm³/mol. The molecular formula is C18H23N3O3S. The number of benzene rings is 1. The van der Waals surface area contributed by atoms with E-state index >= 15 is 0 Å². The van der Waals surface area contributed by atoms with Crippen molar-refractivity contribution < 1.29 is 13.2 Å². The van der Waals surface area contributed by atoms with Crippen molar-refractivity contribution in [2.75, 3.05) is 11.6 Å². The molecule has 2 N–H and O–H groups in total. The third-order valence-electron chi connectivity index (χ3n) is 4.79. The Morgan fingerprint density at radius 2 is 1.88 bits per heavy atom. The molecular weight excluding hydrogens is 338 g/mol. The van der Waals surface area contributed by atoms with Gasteiger partial charge >= 0.3 is 0 Å². The van der Waals surface area contributed by atoms with Crippen LogP contribution >= 0.6 is 0 Å². The van der Waals surface area contributed by atoms with E-state index in [1.54, 1.807) is 6.20 Å². The molecule has 1 aromatic heterocycles. The van der Waals surface area contributed by atoms with Crippen LogP contribution in [0.4, 0.5) is 5.69 Å². The van der Waals surface area contributed by atoms with Crippen LogP contribution in [0.25, 0.3) is 11.4 Å². The molecule has 134 valence electrons. The molecule has 7 heteroatoms. The second-order valence-corrected chi connectivity index (χ2v) is 9.08. The third-order valence-corrected chi connectivity index (χ3v) is 6.48. The van der Waals surface area contributed by atoms with E-state index in [2.05, 4.69) is 15.3 Å². The second kappa shape index (κ2) is 7.00. The van der Waals surface area contributed by atoms with Gasteiger partial charge in [-0.15, -0.1) is 0 Å². The lowest BCUT2D eigenvalue weighted by Crippen LogP contribution is -2.32. The molecule has 0 aliphatic heterocycles. The number of nitrogens with zero attached hydrogens (tertiary/aromatic N) is 1. The van der Waals surface area contributed by atoms with Gasteiger partial charge in [-0.3, -0.25) is 4.79 Å². The van der Waals surface area contributed by atoms with Gasteiger partial charge in [-0.2, -0.15) is 0 Å². The van der Waals surface area contributed by atoms with Crippen molar-refractivity contribution in [3.8, 4) is 11.4 Å². The minimum Gasteiger partial charge on any atom is -0.342 e. The largest absolute Gasteiger partial charge is 0.342 e. The summed E-state index contributed by atoms with van der Waals surface area (Å²) in [5, 5.41) is 2.68. The molecule has 0 unspecified atom stereocenters. The monoisotopic (exact) mass is 361 g/mol. The number of carbonyl (C=O) groups is 1. The van der Waals surface area contributed by atoms with Gasteiger partial charge in [0.05, 0.1) is 10.9 Å². The smallest absolute Gasteiger partial charge is 0.227 e. The lowest BCUT2D eigenvalue weighted by atomic mass is 9.88. The number of anilines is 1. The van der Waals surface area contributed by atoms with E-state index in [4.69, 9.17) is 0 Å². The fraction of sp³-hybridized carbons (Fsp3) is 0.444. The molecule has 0 spiro atoms. The van der Waals surface area contributed by atoms with Gasteiger partial charge in [0, 0.05) is 29.6 Å². The normalized spacial score (nSPS) is 21.0. The van der Waals surface area contributed by atoms with Crippen LogP contribution in [0.15, 0.2) is 30.5 Å². The van der Waals surface area contributed by atoms with Gasteiger partial charge in [-0.05, 0) is 44.7 Å². The highest BCUT2D eigenvalue weighted by Gasteiger charge is 2.31. The molecule has 3 rings (SSSR count). The highest BCUT2D eigenvalue weighted by molar-refractivity contribution is 7.91. The molecule has 1 amide bonds. The fourth-order valence-corrected chi connectivity index (χ4v) is 4.46. The third kappa shape index (κ3) is 4.10. The Hall–Kier alpha value is -2.15. The van der Waals surface area contributed by atoms with Crippen LogP contribution in [0.5, 0.6) is 0 Å². The maximum atomic E-state index is 12.6. The molecule has 1 saturated carbocycles. The molecule has 1 aromatic carbocycles. The summed E-state index contributed by atoms with van der Waals surface area (Å²) in [5.74, 6) is 0.515. The summed E-state index contributed by atoms with van der Waals surface area (Å²) in [6.07, 6.45) is 5.34. The first-order valence-electron chi connectivity index (χ1n) is 8.45. The Bertz CT molecular complexity index is 865. The van der Waals surface area contributed by atoms with Gasteiger partial charge in [0.15, 0.2) is 0 Å². The molecule has 2 aromatic rings. The van der Waals surface area contributed by atoms with E-state index in [9.17, 15) is 13.2 Å². The molecule has 25 heavy (non-hydrogen) atoms. The maximum absolute atomic E-state index is 12.6. The zero-order valence-corrected chi connectivity index (χ0v) is 15.3. The summed E-state index contributed by atoms with van der Waals surface area (Å²) in [7, 11) is -3.02. The first-order chi connectivity index (χ1) is 11.8. The van der Waals surface area contributed by atoms with Gasteiger partial charge in [0.1, 0.15) is 15.7 Å². The quantitative estimate of drug-likeness (QED) is 0.876. The van der Waals surface area contributed by atoms with Crippen molar-refractivity contribution in [2.24, 2.45) is 5.92 Å². The van der Waals surface area contributed by atoms with E-state index in [1.807, 2.05) is 31.2 Å². The Labute approximate surface area is 148 Å². The van der Waals surface area contributed by atoms with Crippen molar-refractivity contribution in [2.45, 2.75) is 37.9 Å². The first-order valence-corrected chi connectivity index (χ1v) is 10.4. The van der Waals surface area contributed by atoms with Crippen molar-refractivity contribution in [3.05, 3.63) is 36.2 Å². The average molecular weight is 361 g/mol. The Balaban J connectivity index is 1.70. The molecule has 0 saturated heterocycles. The van der Waals surface area contributed by atoms with Gasteiger partial charge in [-0.25, -0.2) is 13.4 Å². The van der Waals surface area contributed by atoms with E-state index in [0.29, 0.717) is 37.2 Å². The molecule has 0 radical (unpaired) electrons. The Morgan fingerprint density at radius 3 is 2.48 bits per heavy atom. The minimum absolute atomic E-state index is 0.0531. The minimum atomic E-state index is -3.02. The molecule has 1 aliphatic rings. The van der Waals surface area contributed by atoms with Gasteiger partial charge in [0.25, 0.3) is 0 Å². The number of rotatable bonds is 4. The molecule has 1 fully saturated rings. The number of aryl methyl sites for hydroxylation is 1. The van der Waals surface area contributed by atoms with E-state index in [0.717, 1.165) is 11.3 Å². The molecule has 6 nitrogen and oxygen atoms in total. The van der Waals surface area contributed by atoms with Crippen molar-refractivity contribution in [1.29, 1.82) is 0 Å². The number of nitrogens with one attached hydrogen (secondary N) is 2. The number of imidazole rings is 1. The zero-order chi connectivity index (χ0) is 18.0. The van der Waals surface area contributed by atoms with E-state index < -0.39 is 9.84 Å². The zero-order valence-electron chi connectivity index (χ0n) is 14.5. The van der Waals surface area contributed by atoms with Crippen LogP contribution in [0.3, 0.4) is 0 Å². The van der Waals surface area contributed by atoms with Gasteiger partial charge in [0.2, 0.25) is 5.91 Å². The van der Waals surface area contributed by atoms with Crippen LogP contribution in [-0.2, 0) is 14.6 Å². The van der Waals surface area contributed by atoms with Crippen molar-refractivity contribution in [1.82, 2.24) is 9.97 Å². The highest BCUT2D eigenvalue weighted by Crippen LogP contribution is 2.31. The van der Waals surface area contributed by atoms with Crippen LogP contribution in [0.1, 0.15) is 31.4 Å². The fourth-order valence-electron chi connectivity index (χ4n) is 3.34. The van der Waals surface area contributed by atoms with Crippen LogP contribution in [-0.4, -0.2) is 35.8 Å². The summed E-state index contributed by atoms with van der Waals surface area (Å²) in [6, 6.07) is 7.54.